The zero-order chi connectivity index (χ0) is 12.4. The molecule has 0 heterocycles. The van der Waals surface area contributed by atoms with Crippen molar-refractivity contribution in [3.8, 4) is 0 Å². The van der Waals surface area contributed by atoms with E-state index in [0.717, 1.165) is 25.7 Å². The summed E-state index contributed by atoms with van der Waals surface area (Å²) in [6, 6.07) is 0. The first-order valence-electron chi connectivity index (χ1n) is 6.02. The predicted molar refractivity (Wildman–Crippen MR) is 62.2 cm³/mol. The number of hydrogen-bond donors (Lipinski definition) is 2. The fourth-order valence-corrected chi connectivity index (χ4v) is 3.01. The van der Waals surface area contributed by atoms with Gasteiger partial charge in [0.15, 0.2) is 0 Å². The molecule has 0 spiro atoms. The smallest absolute Gasteiger partial charge is 0.331 e. The second-order valence-corrected chi connectivity index (χ2v) is 4.85. The van der Waals surface area contributed by atoms with Crippen molar-refractivity contribution in [1.29, 1.82) is 0 Å². The van der Waals surface area contributed by atoms with Crippen molar-refractivity contribution in [2.75, 3.05) is 0 Å². The Morgan fingerprint density at radius 3 is 2.59 bits per heavy atom. The lowest BCUT2D eigenvalue weighted by atomic mass is 9.98. The molecule has 4 atom stereocenters. The van der Waals surface area contributed by atoms with Crippen LogP contribution in [0.2, 0.25) is 0 Å². The number of aliphatic hydroxyl groups excluding tert-OH is 2. The van der Waals surface area contributed by atoms with Crippen molar-refractivity contribution in [2.24, 2.45) is 11.8 Å². The van der Waals surface area contributed by atoms with Gasteiger partial charge in [0, 0.05) is 12.0 Å². The summed E-state index contributed by atoms with van der Waals surface area (Å²) in [6.45, 7) is 3.25. The minimum atomic E-state index is -0.452. The minimum Gasteiger partial charge on any atom is -0.509 e. The number of carbonyl (C=O) groups is 1. The highest BCUT2D eigenvalue weighted by atomic mass is 16.5. The first-order chi connectivity index (χ1) is 8.08. The van der Waals surface area contributed by atoms with Crippen molar-refractivity contribution < 1.29 is 19.7 Å². The highest BCUT2D eigenvalue weighted by Gasteiger charge is 2.45. The topological polar surface area (TPSA) is 66.8 Å². The monoisotopic (exact) mass is 238 g/mol. The lowest BCUT2D eigenvalue weighted by molar-refractivity contribution is -0.144. The largest absolute Gasteiger partial charge is 0.509 e. The summed E-state index contributed by atoms with van der Waals surface area (Å²) >= 11 is 0. The molecule has 2 saturated carbocycles. The van der Waals surface area contributed by atoms with E-state index in [1.807, 2.05) is 0 Å². The minimum absolute atomic E-state index is 0.0822. The standard InChI is InChI=1S/C13H18O4/c1-8(14)2-7-13(16)17-12-6-4-9-10(12)3-5-11(9)15/h2,7,9-12,14-15H,1,3-6H2/b7-2-/t9-,10-,11-,12-/m0/s1. The van der Waals surface area contributed by atoms with E-state index in [2.05, 4.69) is 6.58 Å². The predicted octanol–water partition coefficient (Wildman–Crippen LogP) is 1.71. The van der Waals surface area contributed by atoms with Crippen LogP contribution in [0.25, 0.3) is 0 Å². The summed E-state index contributed by atoms with van der Waals surface area (Å²) in [7, 11) is 0. The van der Waals surface area contributed by atoms with Crippen LogP contribution in [0.4, 0.5) is 0 Å². The van der Waals surface area contributed by atoms with Crippen LogP contribution < -0.4 is 0 Å². The van der Waals surface area contributed by atoms with Gasteiger partial charge in [0.25, 0.3) is 0 Å². The van der Waals surface area contributed by atoms with Crippen molar-refractivity contribution in [2.45, 2.75) is 37.9 Å². The number of aliphatic hydroxyl groups is 2. The molecule has 2 aliphatic rings. The Kier molecular flexibility index (Phi) is 3.52. The Bertz CT molecular complexity index is 347. The van der Waals surface area contributed by atoms with E-state index in [9.17, 15) is 9.90 Å². The van der Waals surface area contributed by atoms with Gasteiger partial charge in [-0.1, -0.05) is 6.58 Å². The molecule has 17 heavy (non-hydrogen) atoms. The Balaban J connectivity index is 1.88. The fraction of sp³-hybridized carbons (Fsp3) is 0.615. The lowest BCUT2D eigenvalue weighted by Gasteiger charge is -2.18. The Hall–Kier alpha value is -1.29. The lowest BCUT2D eigenvalue weighted by Crippen LogP contribution is -2.23. The van der Waals surface area contributed by atoms with E-state index in [1.165, 1.54) is 12.2 Å². The van der Waals surface area contributed by atoms with Gasteiger partial charge in [-0.25, -0.2) is 4.79 Å². The fourth-order valence-electron chi connectivity index (χ4n) is 3.01. The van der Waals surface area contributed by atoms with Crippen LogP contribution in [0.1, 0.15) is 25.7 Å². The summed E-state index contributed by atoms with van der Waals surface area (Å²) in [5.41, 5.74) is 0. The second-order valence-electron chi connectivity index (χ2n) is 4.85. The van der Waals surface area contributed by atoms with Gasteiger partial charge < -0.3 is 14.9 Å². The maximum atomic E-state index is 11.4. The summed E-state index contributed by atoms with van der Waals surface area (Å²) in [6.07, 6.45) is 5.59. The molecule has 94 valence electrons. The molecule has 4 nitrogen and oxygen atoms in total. The molecular weight excluding hydrogens is 220 g/mol. The molecule has 0 bridgehead atoms. The van der Waals surface area contributed by atoms with Crippen LogP contribution in [0.3, 0.4) is 0 Å². The third-order valence-corrected chi connectivity index (χ3v) is 3.78. The Morgan fingerprint density at radius 2 is 1.88 bits per heavy atom. The molecule has 0 radical (unpaired) electrons. The first-order valence-corrected chi connectivity index (χ1v) is 6.02. The van der Waals surface area contributed by atoms with Crippen LogP contribution in [-0.2, 0) is 9.53 Å². The average Bonchev–Trinajstić information content (AvgIpc) is 2.81. The molecule has 0 saturated heterocycles. The Morgan fingerprint density at radius 1 is 1.18 bits per heavy atom. The van der Waals surface area contributed by atoms with Gasteiger partial charge in [-0.2, -0.15) is 0 Å². The van der Waals surface area contributed by atoms with Gasteiger partial charge in [-0.05, 0) is 37.7 Å². The molecule has 0 aromatic carbocycles. The molecule has 2 aliphatic carbocycles. The van der Waals surface area contributed by atoms with E-state index in [0.29, 0.717) is 11.8 Å². The molecule has 0 aliphatic heterocycles. The molecule has 0 amide bonds. The van der Waals surface area contributed by atoms with Crippen molar-refractivity contribution in [3.05, 3.63) is 24.5 Å². The van der Waals surface area contributed by atoms with Gasteiger partial charge in [0.1, 0.15) is 11.9 Å². The van der Waals surface area contributed by atoms with Crippen molar-refractivity contribution in [1.82, 2.24) is 0 Å². The van der Waals surface area contributed by atoms with E-state index in [-0.39, 0.29) is 18.0 Å². The zero-order valence-corrected chi connectivity index (χ0v) is 9.71. The van der Waals surface area contributed by atoms with Crippen molar-refractivity contribution in [3.63, 3.8) is 0 Å². The normalized spacial score (nSPS) is 36.1. The third kappa shape index (κ3) is 2.69. The second kappa shape index (κ2) is 4.92. The highest BCUT2D eigenvalue weighted by molar-refractivity contribution is 5.82. The third-order valence-electron chi connectivity index (χ3n) is 3.78. The zero-order valence-electron chi connectivity index (χ0n) is 9.71. The molecule has 0 unspecified atom stereocenters. The quantitative estimate of drug-likeness (QED) is 0.340. The van der Waals surface area contributed by atoms with Gasteiger partial charge in [0.2, 0.25) is 0 Å². The first kappa shape index (κ1) is 12.2. The van der Waals surface area contributed by atoms with E-state index < -0.39 is 5.97 Å². The molecule has 2 N–H and O–H groups in total. The summed E-state index contributed by atoms with van der Waals surface area (Å²) in [4.78, 5) is 11.4. The highest BCUT2D eigenvalue weighted by Crippen LogP contribution is 2.45. The van der Waals surface area contributed by atoms with Gasteiger partial charge >= 0.3 is 5.97 Å². The molecule has 2 fully saturated rings. The number of fused-ring (bicyclic) bond motifs is 1. The summed E-state index contributed by atoms with van der Waals surface area (Å²) in [5, 5.41) is 18.6. The summed E-state index contributed by atoms with van der Waals surface area (Å²) < 4.78 is 5.33. The maximum Gasteiger partial charge on any atom is 0.331 e. The van der Waals surface area contributed by atoms with Crippen LogP contribution >= 0.6 is 0 Å². The summed E-state index contributed by atoms with van der Waals surface area (Å²) in [5.74, 6) is -0.0148. The van der Waals surface area contributed by atoms with Crippen LogP contribution in [-0.4, -0.2) is 28.4 Å². The number of rotatable bonds is 3. The van der Waals surface area contributed by atoms with Gasteiger partial charge in [0.05, 0.1) is 6.10 Å². The number of carbonyl (C=O) groups excluding carboxylic acids is 1. The van der Waals surface area contributed by atoms with Crippen LogP contribution in [0.5, 0.6) is 0 Å². The Labute approximate surface area is 101 Å². The molecule has 2 rings (SSSR count). The number of esters is 1. The van der Waals surface area contributed by atoms with Crippen LogP contribution in [0, 0.1) is 11.8 Å². The van der Waals surface area contributed by atoms with Crippen molar-refractivity contribution >= 4 is 5.97 Å². The SMILES string of the molecule is C=C(O)/C=C\C(=O)O[C@H]1CC[C@H]2[C@@H]1CC[C@@H]2O. The number of ether oxygens (including phenoxy) is 1. The molecular formula is C13H18O4. The molecule has 4 heteroatoms. The number of hydrogen-bond acceptors (Lipinski definition) is 4. The number of allylic oxidation sites excluding steroid dienone is 1. The van der Waals surface area contributed by atoms with E-state index in [4.69, 9.17) is 9.84 Å². The molecule has 0 aromatic rings. The van der Waals surface area contributed by atoms with Gasteiger partial charge in [-0.3, -0.25) is 0 Å². The average molecular weight is 238 g/mol. The molecule has 0 aromatic heterocycles. The van der Waals surface area contributed by atoms with Crippen LogP contribution in [0.15, 0.2) is 24.5 Å². The maximum absolute atomic E-state index is 11.4. The van der Waals surface area contributed by atoms with Gasteiger partial charge in [-0.15, -0.1) is 0 Å². The van der Waals surface area contributed by atoms with E-state index in [1.54, 1.807) is 0 Å². The van der Waals surface area contributed by atoms with E-state index >= 15 is 0 Å².